The van der Waals surface area contributed by atoms with Crippen molar-refractivity contribution in [3.05, 3.63) is 60.3 Å². The number of hydrogen-bond acceptors (Lipinski definition) is 4. The van der Waals surface area contributed by atoms with Crippen LogP contribution in [0, 0.1) is 13.8 Å². The molecule has 3 heterocycles. The van der Waals surface area contributed by atoms with E-state index in [1.807, 2.05) is 44.3 Å². The van der Waals surface area contributed by atoms with Crippen LogP contribution < -0.4 is 0 Å². The van der Waals surface area contributed by atoms with Gasteiger partial charge in [-0.25, -0.2) is 0 Å². The first-order chi connectivity index (χ1) is 9.72. The Labute approximate surface area is 117 Å². The molecular weight excluding hydrogens is 248 g/mol. The lowest BCUT2D eigenvalue weighted by molar-refractivity contribution is 1.12. The highest BCUT2D eigenvalue weighted by Gasteiger charge is 2.03. The largest absolute Gasteiger partial charge is 0.258 e. The van der Waals surface area contributed by atoms with Crippen molar-refractivity contribution in [2.45, 2.75) is 13.8 Å². The minimum atomic E-state index is 0.825. The van der Waals surface area contributed by atoms with Gasteiger partial charge < -0.3 is 0 Å². The van der Waals surface area contributed by atoms with E-state index >= 15 is 0 Å². The number of hydrogen-bond donors (Lipinski definition) is 0. The van der Waals surface area contributed by atoms with E-state index < -0.39 is 0 Å². The fourth-order valence-corrected chi connectivity index (χ4v) is 1.86. The summed E-state index contributed by atoms with van der Waals surface area (Å²) in [4.78, 5) is 17.4. The highest BCUT2D eigenvalue weighted by molar-refractivity contribution is 5.61. The molecule has 4 nitrogen and oxygen atoms in total. The maximum atomic E-state index is 4.45. The maximum Gasteiger partial charge on any atom is 0.0900 e. The van der Waals surface area contributed by atoms with Gasteiger partial charge in [-0.2, -0.15) is 0 Å². The van der Waals surface area contributed by atoms with Crippen LogP contribution in [0.3, 0.4) is 0 Å². The van der Waals surface area contributed by atoms with Gasteiger partial charge in [0, 0.05) is 24.2 Å². The minimum absolute atomic E-state index is 0.825. The summed E-state index contributed by atoms with van der Waals surface area (Å²) in [7, 11) is 0. The Hall–Kier alpha value is -2.62. The van der Waals surface area contributed by atoms with E-state index in [-0.39, 0.29) is 0 Å². The van der Waals surface area contributed by atoms with Crippen LogP contribution in [0.4, 0.5) is 0 Å². The molecule has 3 aromatic heterocycles. The summed E-state index contributed by atoms with van der Waals surface area (Å²) < 4.78 is 0. The van der Waals surface area contributed by atoms with Crippen LogP contribution in [-0.4, -0.2) is 19.9 Å². The first-order valence-corrected chi connectivity index (χ1v) is 6.40. The predicted octanol–water partition coefficient (Wildman–Crippen LogP) is 3.22. The van der Waals surface area contributed by atoms with Gasteiger partial charge in [-0.15, -0.1) is 0 Å². The van der Waals surface area contributed by atoms with Crippen molar-refractivity contribution >= 4 is 0 Å². The first-order valence-electron chi connectivity index (χ1n) is 6.40. The standard InChI is InChI=1S/C16H14N4/c1-11-3-5-14(18-7-11)15-6-4-13(9-20-15)16-10-17-12(2)8-19-16/h3-10H,1-2H3. The van der Waals surface area contributed by atoms with Gasteiger partial charge >= 0.3 is 0 Å². The summed E-state index contributed by atoms with van der Waals surface area (Å²) in [5.74, 6) is 0. The Bertz CT molecular complexity index is 636. The van der Waals surface area contributed by atoms with Crippen molar-refractivity contribution in [1.29, 1.82) is 0 Å². The van der Waals surface area contributed by atoms with Crippen molar-refractivity contribution in [3.63, 3.8) is 0 Å². The highest BCUT2D eigenvalue weighted by Crippen LogP contribution is 2.19. The van der Waals surface area contributed by atoms with Gasteiger partial charge in [-0.05, 0) is 37.6 Å². The molecule has 0 saturated carbocycles. The Morgan fingerprint density at radius 3 is 1.85 bits per heavy atom. The molecule has 4 heteroatoms. The molecule has 0 aliphatic carbocycles. The summed E-state index contributed by atoms with van der Waals surface area (Å²) in [6.45, 7) is 3.94. The van der Waals surface area contributed by atoms with Crippen LogP contribution in [0.1, 0.15) is 11.3 Å². The van der Waals surface area contributed by atoms with Gasteiger partial charge in [0.1, 0.15) is 0 Å². The van der Waals surface area contributed by atoms with E-state index in [4.69, 9.17) is 0 Å². The molecule has 0 saturated heterocycles. The number of aromatic nitrogens is 4. The molecule has 0 atom stereocenters. The van der Waals surface area contributed by atoms with E-state index in [9.17, 15) is 0 Å². The van der Waals surface area contributed by atoms with Crippen molar-refractivity contribution in [3.8, 4) is 22.6 Å². The summed E-state index contributed by atoms with van der Waals surface area (Å²) in [5.41, 5.74) is 5.55. The fraction of sp³-hybridized carbons (Fsp3) is 0.125. The SMILES string of the molecule is Cc1ccc(-c2ccc(-c3cnc(C)cn3)cn2)nc1. The van der Waals surface area contributed by atoms with Crippen molar-refractivity contribution in [1.82, 2.24) is 19.9 Å². The molecule has 0 aromatic carbocycles. The van der Waals surface area contributed by atoms with Crippen LogP contribution in [0.5, 0.6) is 0 Å². The normalized spacial score (nSPS) is 10.5. The Balaban J connectivity index is 1.91. The molecule has 3 aromatic rings. The monoisotopic (exact) mass is 262 g/mol. The topological polar surface area (TPSA) is 51.6 Å². The number of pyridine rings is 2. The predicted molar refractivity (Wildman–Crippen MR) is 78.0 cm³/mol. The van der Waals surface area contributed by atoms with Gasteiger partial charge in [-0.3, -0.25) is 19.9 Å². The molecule has 98 valence electrons. The Morgan fingerprint density at radius 1 is 0.600 bits per heavy atom. The smallest absolute Gasteiger partial charge is 0.0900 e. The fourth-order valence-electron chi connectivity index (χ4n) is 1.86. The molecule has 0 unspecified atom stereocenters. The second-order valence-corrected chi connectivity index (χ2v) is 4.70. The van der Waals surface area contributed by atoms with Gasteiger partial charge in [0.25, 0.3) is 0 Å². The third-order valence-corrected chi connectivity index (χ3v) is 3.01. The van der Waals surface area contributed by atoms with E-state index in [0.717, 1.165) is 33.9 Å². The molecule has 0 bridgehead atoms. The molecule has 0 aliphatic heterocycles. The molecule has 0 aliphatic rings. The number of rotatable bonds is 2. The third-order valence-electron chi connectivity index (χ3n) is 3.01. The molecule has 3 rings (SSSR count). The lowest BCUT2D eigenvalue weighted by Crippen LogP contribution is -1.91. The second-order valence-electron chi connectivity index (χ2n) is 4.70. The number of nitrogens with zero attached hydrogens (tertiary/aromatic N) is 4. The Kier molecular flexibility index (Phi) is 3.21. The van der Waals surface area contributed by atoms with Crippen LogP contribution in [0.2, 0.25) is 0 Å². The van der Waals surface area contributed by atoms with Crippen LogP contribution in [-0.2, 0) is 0 Å². The average molecular weight is 262 g/mol. The summed E-state index contributed by atoms with van der Waals surface area (Å²) in [6.07, 6.45) is 7.16. The van der Waals surface area contributed by atoms with E-state index in [1.54, 1.807) is 18.6 Å². The first kappa shape index (κ1) is 12.4. The third kappa shape index (κ3) is 2.54. The van der Waals surface area contributed by atoms with Crippen molar-refractivity contribution in [2.75, 3.05) is 0 Å². The maximum absolute atomic E-state index is 4.45. The van der Waals surface area contributed by atoms with E-state index in [0.29, 0.717) is 0 Å². The number of aryl methyl sites for hydroxylation is 2. The van der Waals surface area contributed by atoms with E-state index in [2.05, 4.69) is 19.9 Å². The highest BCUT2D eigenvalue weighted by atomic mass is 14.8. The van der Waals surface area contributed by atoms with Crippen LogP contribution in [0.25, 0.3) is 22.6 Å². The zero-order valence-electron chi connectivity index (χ0n) is 11.4. The van der Waals surface area contributed by atoms with Gasteiger partial charge in [0.15, 0.2) is 0 Å². The average Bonchev–Trinajstić information content (AvgIpc) is 2.49. The second kappa shape index (κ2) is 5.17. The van der Waals surface area contributed by atoms with Crippen molar-refractivity contribution < 1.29 is 0 Å². The van der Waals surface area contributed by atoms with Gasteiger partial charge in [-0.1, -0.05) is 6.07 Å². The molecular formula is C16H14N4. The lowest BCUT2D eigenvalue weighted by atomic mass is 10.1. The zero-order chi connectivity index (χ0) is 13.9. The minimum Gasteiger partial charge on any atom is -0.258 e. The van der Waals surface area contributed by atoms with Crippen LogP contribution in [0.15, 0.2) is 49.1 Å². The molecule has 20 heavy (non-hydrogen) atoms. The molecule has 0 spiro atoms. The van der Waals surface area contributed by atoms with Crippen LogP contribution >= 0.6 is 0 Å². The summed E-state index contributed by atoms with van der Waals surface area (Å²) >= 11 is 0. The van der Waals surface area contributed by atoms with E-state index in [1.165, 1.54) is 0 Å². The molecule has 0 fully saturated rings. The zero-order valence-corrected chi connectivity index (χ0v) is 11.4. The summed E-state index contributed by atoms with van der Waals surface area (Å²) in [6, 6.07) is 7.95. The van der Waals surface area contributed by atoms with Crippen molar-refractivity contribution in [2.24, 2.45) is 0 Å². The van der Waals surface area contributed by atoms with Gasteiger partial charge in [0.2, 0.25) is 0 Å². The molecule has 0 N–H and O–H groups in total. The molecule has 0 radical (unpaired) electrons. The quantitative estimate of drug-likeness (QED) is 0.711. The Morgan fingerprint density at radius 2 is 1.30 bits per heavy atom. The summed E-state index contributed by atoms with van der Waals surface area (Å²) in [5, 5.41) is 0. The molecule has 0 amide bonds. The van der Waals surface area contributed by atoms with Gasteiger partial charge in [0.05, 0.1) is 29.0 Å². The lowest BCUT2D eigenvalue weighted by Gasteiger charge is -2.03.